The van der Waals surface area contributed by atoms with Gasteiger partial charge in [0.15, 0.2) is 0 Å². The second-order valence-electron chi connectivity index (χ2n) is 4.48. The molecule has 1 atom stereocenters. The van der Waals surface area contributed by atoms with Crippen LogP contribution in [0.3, 0.4) is 0 Å². The van der Waals surface area contributed by atoms with Gasteiger partial charge < -0.3 is 5.11 Å². The van der Waals surface area contributed by atoms with E-state index < -0.39 is 5.97 Å². The van der Waals surface area contributed by atoms with Crippen molar-refractivity contribution in [3.05, 3.63) is 0 Å². The maximum atomic E-state index is 10.8. The third kappa shape index (κ3) is 5.21. The number of carboxylic acids is 1. The summed E-state index contributed by atoms with van der Waals surface area (Å²) in [5.41, 5.74) is 0. The van der Waals surface area contributed by atoms with Gasteiger partial charge in [-0.25, -0.2) is 0 Å². The molecule has 0 spiro atoms. The summed E-state index contributed by atoms with van der Waals surface area (Å²) in [4.78, 5) is 13.1. The van der Waals surface area contributed by atoms with Crippen LogP contribution < -0.4 is 0 Å². The largest absolute Gasteiger partial charge is 0.481 e. The zero-order valence-corrected chi connectivity index (χ0v) is 11.0. The fourth-order valence-corrected chi connectivity index (χ4v) is 2.84. The van der Waals surface area contributed by atoms with Crippen molar-refractivity contribution < 1.29 is 9.90 Å². The van der Waals surface area contributed by atoms with Crippen molar-refractivity contribution in [1.82, 2.24) is 4.90 Å². The number of likely N-dealkylation sites (tertiary alicyclic amines) is 1. The quantitative estimate of drug-likeness (QED) is 0.700. The molecule has 94 valence electrons. The zero-order valence-electron chi connectivity index (χ0n) is 10.2. The highest BCUT2D eigenvalue weighted by molar-refractivity contribution is 7.98. The van der Waals surface area contributed by atoms with Crippen LogP contribution in [0.1, 0.15) is 38.5 Å². The van der Waals surface area contributed by atoms with Gasteiger partial charge in [0.1, 0.15) is 0 Å². The van der Waals surface area contributed by atoms with Crippen LogP contribution in [0.25, 0.3) is 0 Å². The molecule has 1 unspecified atom stereocenters. The zero-order chi connectivity index (χ0) is 11.8. The SMILES string of the molecule is CSCCCCN1CCCCC1CC(=O)O. The second kappa shape index (κ2) is 7.96. The number of unbranched alkanes of at least 4 members (excludes halogenated alkanes) is 1. The Bertz CT molecular complexity index is 211. The van der Waals surface area contributed by atoms with E-state index in [1.54, 1.807) is 0 Å². The Morgan fingerprint density at radius 1 is 1.44 bits per heavy atom. The Hall–Kier alpha value is -0.220. The predicted octanol–water partition coefficient (Wildman–Crippen LogP) is 2.46. The molecule has 0 aliphatic carbocycles. The van der Waals surface area contributed by atoms with Gasteiger partial charge >= 0.3 is 5.97 Å². The molecule has 1 fully saturated rings. The van der Waals surface area contributed by atoms with Crippen LogP contribution in [0.4, 0.5) is 0 Å². The van der Waals surface area contributed by atoms with Crippen LogP contribution in [0.5, 0.6) is 0 Å². The van der Waals surface area contributed by atoms with Gasteiger partial charge in [-0.1, -0.05) is 6.42 Å². The van der Waals surface area contributed by atoms with E-state index in [1.807, 2.05) is 11.8 Å². The molecule has 0 aromatic heterocycles. The molecule has 3 nitrogen and oxygen atoms in total. The summed E-state index contributed by atoms with van der Waals surface area (Å²) in [5, 5.41) is 8.86. The first-order valence-electron chi connectivity index (χ1n) is 6.19. The molecule has 0 amide bonds. The van der Waals surface area contributed by atoms with Crippen LogP contribution in [-0.4, -0.2) is 47.1 Å². The number of carboxylic acid groups (broad SMARTS) is 1. The standard InChI is InChI=1S/C12H23NO2S/c1-16-9-5-4-8-13-7-3-2-6-11(13)10-12(14)15/h11H,2-10H2,1H3,(H,14,15). The maximum Gasteiger partial charge on any atom is 0.304 e. The summed E-state index contributed by atoms with van der Waals surface area (Å²) in [6, 6.07) is 0.292. The predicted molar refractivity (Wildman–Crippen MR) is 69.1 cm³/mol. The topological polar surface area (TPSA) is 40.5 Å². The molecule has 1 aliphatic heterocycles. The van der Waals surface area contributed by atoms with Crippen molar-refractivity contribution in [2.75, 3.05) is 25.1 Å². The van der Waals surface area contributed by atoms with Crippen LogP contribution in [-0.2, 0) is 4.79 Å². The lowest BCUT2D eigenvalue weighted by Crippen LogP contribution is -2.41. The lowest BCUT2D eigenvalue weighted by Gasteiger charge is -2.34. The van der Waals surface area contributed by atoms with Crippen LogP contribution >= 0.6 is 11.8 Å². The van der Waals surface area contributed by atoms with Crippen molar-refractivity contribution >= 4 is 17.7 Å². The fourth-order valence-electron chi connectivity index (χ4n) is 2.35. The smallest absolute Gasteiger partial charge is 0.304 e. The van der Waals surface area contributed by atoms with Gasteiger partial charge in [0.25, 0.3) is 0 Å². The van der Waals surface area contributed by atoms with Crippen molar-refractivity contribution in [2.45, 2.75) is 44.6 Å². The molecule has 1 heterocycles. The highest BCUT2D eigenvalue weighted by Gasteiger charge is 2.23. The third-order valence-corrected chi connectivity index (χ3v) is 3.90. The summed E-state index contributed by atoms with van der Waals surface area (Å²) in [6.45, 7) is 2.18. The maximum absolute atomic E-state index is 10.8. The van der Waals surface area contributed by atoms with Crippen LogP contribution in [0, 0.1) is 0 Å². The number of rotatable bonds is 7. The number of hydrogen-bond acceptors (Lipinski definition) is 3. The van der Waals surface area contributed by atoms with Crippen LogP contribution in [0.2, 0.25) is 0 Å². The van der Waals surface area contributed by atoms with E-state index in [4.69, 9.17) is 5.11 Å². The molecule has 0 aromatic carbocycles. The summed E-state index contributed by atoms with van der Waals surface area (Å²) in [7, 11) is 0. The summed E-state index contributed by atoms with van der Waals surface area (Å²) < 4.78 is 0. The van der Waals surface area contributed by atoms with E-state index in [1.165, 1.54) is 31.4 Å². The Morgan fingerprint density at radius 2 is 2.25 bits per heavy atom. The lowest BCUT2D eigenvalue weighted by molar-refractivity contribution is -0.138. The summed E-state index contributed by atoms with van der Waals surface area (Å²) >= 11 is 1.89. The number of nitrogens with zero attached hydrogens (tertiary/aromatic N) is 1. The van der Waals surface area contributed by atoms with Gasteiger partial charge in [-0.15, -0.1) is 0 Å². The van der Waals surface area contributed by atoms with Gasteiger partial charge in [0.05, 0.1) is 6.42 Å². The minimum Gasteiger partial charge on any atom is -0.481 e. The monoisotopic (exact) mass is 245 g/mol. The highest BCUT2D eigenvalue weighted by atomic mass is 32.2. The van der Waals surface area contributed by atoms with E-state index >= 15 is 0 Å². The molecule has 0 saturated carbocycles. The van der Waals surface area contributed by atoms with E-state index in [0.717, 1.165) is 19.5 Å². The van der Waals surface area contributed by atoms with Gasteiger partial charge in [-0.2, -0.15) is 11.8 Å². The highest BCUT2D eigenvalue weighted by Crippen LogP contribution is 2.20. The lowest BCUT2D eigenvalue weighted by atomic mass is 9.99. The van der Waals surface area contributed by atoms with Gasteiger partial charge in [0.2, 0.25) is 0 Å². The number of aliphatic carboxylic acids is 1. The number of carbonyl (C=O) groups is 1. The molecular formula is C12H23NO2S. The normalized spacial score (nSPS) is 22.2. The fraction of sp³-hybridized carbons (Fsp3) is 0.917. The Labute approximate surface area is 103 Å². The van der Waals surface area contributed by atoms with E-state index in [2.05, 4.69) is 11.2 Å². The molecule has 1 saturated heterocycles. The van der Waals surface area contributed by atoms with Crippen LogP contribution in [0.15, 0.2) is 0 Å². The number of piperidine rings is 1. The average molecular weight is 245 g/mol. The molecule has 16 heavy (non-hydrogen) atoms. The molecule has 1 N–H and O–H groups in total. The van der Waals surface area contributed by atoms with Crippen molar-refractivity contribution in [2.24, 2.45) is 0 Å². The molecule has 0 bridgehead atoms. The van der Waals surface area contributed by atoms with Crippen molar-refractivity contribution in [3.8, 4) is 0 Å². The Balaban J connectivity index is 2.26. The van der Waals surface area contributed by atoms with Gasteiger partial charge in [0, 0.05) is 6.04 Å². The number of hydrogen-bond donors (Lipinski definition) is 1. The van der Waals surface area contributed by atoms with E-state index in [-0.39, 0.29) is 0 Å². The van der Waals surface area contributed by atoms with Gasteiger partial charge in [-0.3, -0.25) is 9.69 Å². The number of thioether (sulfide) groups is 1. The van der Waals surface area contributed by atoms with E-state index in [0.29, 0.717) is 12.5 Å². The first kappa shape index (κ1) is 13.8. The Kier molecular flexibility index (Phi) is 6.88. The van der Waals surface area contributed by atoms with Crippen molar-refractivity contribution in [3.63, 3.8) is 0 Å². The molecule has 0 aromatic rings. The van der Waals surface area contributed by atoms with E-state index in [9.17, 15) is 4.79 Å². The van der Waals surface area contributed by atoms with Crippen molar-refractivity contribution in [1.29, 1.82) is 0 Å². The average Bonchev–Trinajstić information content (AvgIpc) is 2.26. The first-order chi connectivity index (χ1) is 7.74. The Morgan fingerprint density at radius 3 is 2.94 bits per heavy atom. The summed E-state index contributed by atoms with van der Waals surface area (Å²) in [6.07, 6.45) is 8.40. The summed E-state index contributed by atoms with van der Waals surface area (Å²) in [5.74, 6) is 0.568. The molecule has 0 radical (unpaired) electrons. The first-order valence-corrected chi connectivity index (χ1v) is 7.58. The molecule has 4 heteroatoms. The molecule has 1 aliphatic rings. The second-order valence-corrected chi connectivity index (χ2v) is 5.47. The molecular weight excluding hydrogens is 222 g/mol. The third-order valence-electron chi connectivity index (χ3n) is 3.20. The minimum atomic E-state index is -0.652. The minimum absolute atomic E-state index is 0.292. The molecule has 1 rings (SSSR count). The van der Waals surface area contributed by atoms with Gasteiger partial charge in [-0.05, 0) is 50.8 Å².